The third-order valence-corrected chi connectivity index (χ3v) is 3.91. The number of amides is 1. The van der Waals surface area contributed by atoms with Crippen LogP contribution in [0.5, 0.6) is 0 Å². The molecule has 23 heavy (non-hydrogen) atoms. The molecular weight excluding hydrogens is 294 g/mol. The Morgan fingerprint density at radius 1 is 1.22 bits per heavy atom. The maximum atomic E-state index is 12.6. The van der Waals surface area contributed by atoms with Crippen LogP contribution >= 0.6 is 0 Å². The molecule has 0 saturated heterocycles. The van der Waals surface area contributed by atoms with Crippen molar-refractivity contribution in [2.45, 2.75) is 67.0 Å². The molecule has 1 aromatic rings. The van der Waals surface area contributed by atoms with E-state index in [0.29, 0.717) is 5.92 Å². The van der Waals surface area contributed by atoms with E-state index < -0.39 is 5.97 Å². The quantitative estimate of drug-likeness (QED) is 0.797. The highest BCUT2D eigenvalue weighted by molar-refractivity contribution is 5.80. The van der Waals surface area contributed by atoms with Gasteiger partial charge in [0, 0.05) is 30.4 Å². The van der Waals surface area contributed by atoms with E-state index in [1.807, 2.05) is 32.4 Å². The molecule has 0 spiro atoms. The van der Waals surface area contributed by atoms with Crippen molar-refractivity contribution in [3.8, 4) is 0 Å². The van der Waals surface area contributed by atoms with E-state index in [4.69, 9.17) is 5.11 Å². The zero-order valence-electron chi connectivity index (χ0n) is 15.1. The van der Waals surface area contributed by atoms with Gasteiger partial charge in [-0.05, 0) is 33.6 Å². The molecule has 1 heterocycles. The van der Waals surface area contributed by atoms with E-state index in [-0.39, 0.29) is 31.3 Å². The summed E-state index contributed by atoms with van der Waals surface area (Å²) in [4.78, 5) is 25.0. The maximum absolute atomic E-state index is 12.6. The Balaban J connectivity index is 2.90. The Bertz CT molecular complexity index is 562. The zero-order chi connectivity index (χ0) is 17.7. The number of aromatic nitrogens is 2. The fourth-order valence-corrected chi connectivity index (χ4v) is 2.65. The van der Waals surface area contributed by atoms with Gasteiger partial charge in [-0.3, -0.25) is 14.3 Å². The van der Waals surface area contributed by atoms with Gasteiger partial charge in [0.1, 0.15) is 0 Å². The molecule has 6 nitrogen and oxygen atoms in total. The third-order valence-electron chi connectivity index (χ3n) is 3.91. The number of carboxylic acid groups (broad SMARTS) is 1. The Morgan fingerprint density at radius 3 is 2.30 bits per heavy atom. The van der Waals surface area contributed by atoms with E-state index in [2.05, 4.69) is 18.9 Å². The Kier molecular flexibility index (Phi) is 6.79. The predicted molar refractivity (Wildman–Crippen MR) is 89.3 cm³/mol. The number of carbonyl (C=O) groups is 2. The molecule has 0 atom stereocenters. The van der Waals surface area contributed by atoms with Crippen molar-refractivity contribution < 1.29 is 14.7 Å². The maximum Gasteiger partial charge on any atom is 0.305 e. The van der Waals surface area contributed by atoms with Gasteiger partial charge in [-0.25, -0.2) is 0 Å². The van der Waals surface area contributed by atoms with Crippen LogP contribution in [0.25, 0.3) is 0 Å². The Hall–Kier alpha value is -1.85. The van der Waals surface area contributed by atoms with Crippen molar-refractivity contribution in [1.82, 2.24) is 14.7 Å². The first-order chi connectivity index (χ1) is 10.6. The summed E-state index contributed by atoms with van der Waals surface area (Å²) in [6.07, 6.45) is 0.238. The minimum atomic E-state index is -0.888. The summed E-state index contributed by atoms with van der Waals surface area (Å²) in [5.74, 6) is -0.448. The fourth-order valence-electron chi connectivity index (χ4n) is 2.65. The molecule has 1 rings (SSSR count). The van der Waals surface area contributed by atoms with E-state index in [1.165, 1.54) is 0 Å². The fraction of sp³-hybridized carbons (Fsp3) is 0.706. The predicted octanol–water partition coefficient (Wildman–Crippen LogP) is 2.41. The van der Waals surface area contributed by atoms with Crippen molar-refractivity contribution in [3.63, 3.8) is 0 Å². The number of nitrogens with zero attached hydrogens (tertiary/aromatic N) is 3. The lowest BCUT2D eigenvalue weighted by Gasteiger charge is -2.26. The molecule has 130 valence electrons. The summed E-state index contributed by atoms with van der Waals surface area (Å²) in [5, 5.41) is 13.4. The molecule has 0 unspecified atom stereocenters. The first-order valence-corrected chi connectivity index (χ1v) is 8.17. The van der Waals surface area contributed by atoms with Crippen LogP contribution in [0, 0.1) is 19.8 Å². The zero-order valence-corrected chi connectivity index (χ0v) is 15.1. The third kappa shape index (κ3) is 5.37. The lowest BCUT2D eigenvalue weighted by atomic mass is 10.1. The van der Waals surface area contributed by atoms with Crippen molar-refractivity contribution in [2.75, 3.05) is 6.54 Å². The van der Waals surface area contributed by atoms with Gasteiger partial charge in [-0.1, -0.05) is 13.8 Å². The smallest absolute Gasteiger partial charge is 0.305 e. The lowest BCUT2D eigenvalue weighted by Crippen LogP contribution is -2.39. The van der Waals surface area contributed by atoms with E-state index in [9.17, 15) is 9.59 Å². The van der Waals surface area contributed by atoms with Crippen LogP contribution in [0.4, 0.5) is 0 Å². The number of aliphatic carboxylic acids is 1. The second-order valence-electron chi connectivity index (χ2n) is 6.73. The van der Waals surface area contributed by atoms with Crippen molar-refractivity contribution in [1.29, 1.82) is 0 Å². The van der Waals surface area contributed by atoms with Gasteiger partial charge in [-0.2, -0.15) is 5.10 Å². The van der Waals surface area contributed by atoms with E-state index in [1.54, 1.807) is 4.90 Å². The Labute approximate surface area is 138 Å². The van der Waals surface area contributed by atoms with Crippen LogP contribution < -0.4 is 0 Å². The van der Waals surface area contributed by atoms with Crippen LogP contribution in [-0.2, 0) is 22.6 Å². The molecule has 0 aliphatic rings. The highest BCUT2D eigenvalue weighted by Gasteiger charge is 2.22. The van der Waals surface area contributed by atoms with Gasteiger partial charge < -0.3 is 10.0 Å². The normalized spacial score (nSPS) is 11.3. The van der Waals surface area contributed by atoms with Gasteiger partial charge in [0.15, 0.2) is 0 Å². The topological polar surface area (TPSA) is 75.4 Å². The minimum absolute atomic E-state index is 0.0202. The molecule has 1 N–H and O–H groups in total. The van der Waals surface area contributed by atoms with Crippen LogP contribution in [0.15, 0.2) is 0 Å². The molecule has 0 saturated carbocycles. The van der Waals surface area contributed by atoms with Gasteiger partial charge >= 0.3 is 5.97 Å². The van der Waals surface area contributed by atoms with Crippen molar-refractivity contribution in [3.05, 3.63) is 17.0 Å². The van der Waals surface area contributed by atoms with Crippen LogP contribution in [0.3, 0.4) is 0 Å². The molecule has 0 aliphatic heterocycles. The SMILES string of the molecule is Cc1nn(CC(C)C)c(C)c1CC(=O)N(CCC(=O)O)C(C)C. The number of hydrogen-bond acceptors (Lipinski definition) is 3. The summed E-state index contributed by atoms with van der Waals surface area (Å²) in [7, 11) is 0. The van der Waals surface area contributed by atoms with Crippen LogP contribution in [0.1, 0.15) is 51.1 Å². The minimum Gasteiger partial charge on any atom is -0.481 e. The molecule has 1 amide bonds. The summed E-state index contributed by atoms with van der Waals surface area (Å²) in [6.45, 7) is 13.0. The average Bonchev–Trinajstić information content (AvgIpc) is 2.65. The average molecular weight is 323 g/mol. The molecule has 1 aromatic heterocycles. The van der Waals surface area contributed by atoms with Gasteiger partial charge in [-0.15, -0.1) is 0 Å². The number of carboxylic acids is 1. The van der Waals surface area contributed by atoms with Crippen LogP contribution in [-0.4, -0.2) is 44.3 Å². The number of rotatable bonds is 8. The molecule has 0 aromatic carbocycles. The number of aryl methyl sites for hydroxylation is 1. The molecule has 0 bridgehead atoms. The highest BCUT2D eigenvalue weighted by atomic mass is 16.4. The first kappa shape index (κ1) is 19.2. The van der Waals surface area contributed by atoms with Crippen molar-refractivity contribution >= 4 is 11.9 Å². The Morgan fingerprint density at radius 2 is 1.83 bits per heavy atom. The van der Waals surface area contributed by atoms with Gasteiger partial charge in [0.2, 0.25) is 5.91 Å². The molecule has 6 heteroatoms. The van der Waals surface area contributed by atoms with Gasteiger partial charge in [0.25, 0.3) is 0 Å². The van der Waals surface area contributed by atoms with Gasteiger partial charge in [0.05, 0.1) is 18.5 Å². The first-order valence-electron chi connectivity index (χ1n) is 8.17. The summed E-state index contributed by atoms with van der Waals surface area (Å²) in [6, 6.07) is -0.0202. The van der Waals surface area contributed by atoms with E-state index >= 15 is 0 Å². The number of hydrogen-bond donors (Lipinski definition) is 1. The molecule has 0 aliphatic carbocycles. The largest absolute Gasteiger partial charge is 0.481 e. The van der Waals surface area contributed by atoms with E-state index in [0.717, 1.165) is 23.5 Å². The second kappa shape index (κ2) is 8.13. The lowest BCUT2D eigenvalue weighted by molar-refractivity contribution is -0.139. The second-order valence-corrected chi connectivity index (χ2v) is 6.73. The summed E-state index contributed by atoms with van der Waals surface area (Å²) >= 11 is 0. The standard InChI is InChI=1S/C17H29N3O3/c1-11(2)10-20-14(6)15(13(5)18-20)9-16(21)19(12(3)4)8-7-17(22)23/h11-12H,7-10H2,1-6H3,(H,22,23). The monoisotopic (exact) mass is 323 g/mol. The van der Waals surface area contributed by atoms with Crippen molar-refractivity contribution in [2.24, 2.45) is 5.92 Å². The highest BCUT2D eigenvalue weighted by Crippen LogP contribution is 2.17. The summed E-state index contributed by atoms with van der Waals surface area (Å²) < 4.78 is 1.96. The molecule has 0 fully saturated rings. The number of carbonyl (C=O) groups excluding carboxylic acids is 1. The molecular formula is C17H29N3O3. The molecule has 0 radical (unpaired) electrons. The summed E-state index contributed by atoms with van der Waals surface area (Å²) in [5.41, 5.74) is 2.85. The van der Waals surface area contributed by atoms with Crippen LogP contribution in [0.2, 0.25) is 0 Å².